The van der Waals surface area contributed by atoms with Gasteiger partial charge in [-0.05, 0) is 11.6 Å². The summed E-state index contributed by atoms with van der Waals surface area (Å²) >= 11 is 0. The van der Waals surface area contributed by atoms with E-state index in [0.29, 0.717) is 5.71 Å². The number of anilines is 1. The number of hydrogen-bond acceptors (Lipinski definition) is 3. The van der Waals surface area contributed by atoms with E-state index in [1.165, 1.54) is 11.6 Å². The van der Waals surface area contributed by atoms with Crippen molar-refractivity contribution in [1.29, 1.82) is 0 Å². The Morgan fingerprint density at radius 1 is 1.33 bits per heavy atom. The topological polar surface area (TPSA) is 41.5 Å². The molecule has 0 aliphatic carbocycles. The number of carbonyl (C=O) groups excluding carboxylic acids is 1. The van der Waals surface area contributed by atoms with E-state index in [0.717, 1.165) is 12.2 Å². The summed E-state index contributed by atoms with van der Waals surface area (Å²) < 4.78 is 0. The van der Waals surface area contributed by atoms with Crippen LogP contribution in [0, 0.1) is 0 Å². The first kappa shape index (κ1) is 8.41. The molecule has 0 spiro atoms. The lowest BCUT2D eigenvalue weighted by Gasteiger charge is -2.08. The number of aliphatic imine (C=N–C) groups is 1. The van der Waals surface area contributed by atoms with E-state index < -0.39 is 0 Å². The van der Waals surface area contributed by atoms with Gasteiger partial charge in [0.15, 0.2) is 0 Å². The summed E-state index contributed by atoms with van der Waals surface area (Å²) in [6, 6.07) is 8.06. The third-order valence-electron chi connectivity index (χ3n) is 2.85. The summed E-state index contributed by atoms with van der Waals surface area (Å²) in [4.78, 5) is 15.7. The monoisotopic (exact) mass is 198 g/mol. The first-order valence-corrected chi connectivity index (χ1v) is 4.97. The second-order valence-electron chi connectivity index (χ2n) is 3.72. The SMILES string of the molecule is O=C1C=CN=C1C1CNc2ccccc21. The van der Waals surface area contributed by atoms with Gasteiger partial charge in [0.05, 0.1) is 5.71 Å². The summed E-state index contributed by atoms with van der Waals surface area (Å²) in [5.74, 6) is 0.155. The minimum atomic E-state index is 0.0403. The van der Waals surface area contributed by atoms with Crippen LogP contribution in [-0.2, 0) is 4.79 Å². The van der Waals surface area contributed by atoms with Crippen LogP contribution in [0.2, 0.25) is 0 Å². The van der Waals surface area contributed by atoms with Gasteiger partial charge in [-0.1, -0.05) is 18.2 Å². The number of para-hydroxylation sites is 1. The van der Waals surface area contributed by atoms with E-state index in [4.69, 9.17) is 0 Å². The Hall–Kier alpha value is -1.90. The van der Waals surface area contributed by atoms with Gasteiger partial charge in [-0.25, -0.2) is 0 Å². The Balaban J connectivity index is 2.01. The maximum absolute atomic E-state index is 11.5. The number of nitrogens with zero attached hydrogens (tertiary/aromatic N) is 1. The molecule has 0 bridgehead atoms. The fraction of sp³-hybridized carbons (Fsp3) is 0.167. The van der Waals surface area contributed by atoms with E-state index in [2.05, 4.69) is 10.3 Å². The highest BCUT2D eigenvalue weighted by molar-refractivity contribution is 6.47. The normalized spacial score (nSPS) is 22.5. The Bertz CT molecular complexity index is 488. The quantitative estimate of drug-likeness (QED) is 0.746. The number of hydrogen-bond donors (Lipinski definition) is 1. The van der Waals surface area contributed by atoms with Crippen molar-refractivity contribution in [3.05, 3.63) is 42.1 Å². The molecular formula is C12H10N2O. The zero-order valence-electron chi connectivity index (χ0n) is 8.10. The van der Waals surface area contributed by atoms with Crippen LogP contribution in [0.25, 0.3) is 0 Å². The minimum Gasteiger partial charge on any atom is -0.384 e. The molecule has 0 aromatic heterocycles. The number of carbonyl (C=O) groups is 1. The summed E-state index contributed by atoms with van der Waals surface area (Å²) in [7, 11) is 0. The number of benzene rings is 1. The molecule has 0 amide bonds. The third-order valence-corrected chi connectivity index (χ3v) is 2.85. The summed E-state index contributed by atoms with van der Waals surface area (Å²) in [6.45, 7) is 0.769. The molecule has 3 heteroatoms. The first-order chi connectivity index (χ1) is 7.36. The second-order valence-corrected chi connectivity index (χ2v) is 3.72. The van der Waals surface area contributed by atoms with Crippen molar-refractivity contribution in [2.75, 3.05) is 11.9 Å². The Kier molecular flexibility index (Phi) is 1.71. The van der Waals surface area contributed by atoms with Gasteiger partial charge < -0.3 is 5.32 Å². The van der Waals surface area contributed by atoms with Gasteiger partial charge in [0.2, 0.25) is 5.78 Å². The van der Waals surface area contributed by atoms with Crippen molar-refractivity contribution in [2.45, 2.75) is 5.92 Å². The average Bonchev–Trinajstić information content (AvgIpc) is 2.83. The molecule has 74 valence electrons. The smallest absolute Gasteiger partial charge is 0.202 e. The molecule has 2 heterocycles. The lowest BCUT2D eigenvalue weighted by molar-refractivity contribution is -0.108. The zero-order chi connectivity index (χ0) is 10.3. The predicted molar refractivity (Wildman–Crippen MR) is 59.3 cm³/mol. The number of rotatable bonds is 1. The highest BCUT2D eigenvalue weighted by Gasteiger charge is 2.30. The average molecular weight is 198 g/mol. The van der Waals surface area contributed by atoms with Gasteiger partial charge in [-0.2, -0.15) is 0 Å². The van der Waals surface area contributed by atoms with Crippen molar-refractivity contribution in [2.24, 2.45) is 4.99 Å². The molecule has 3 rings (SSSR count). The molecule has 1 aromatic rings. The molecule has 1 N–H and O–H groups in total. The van der Waals surface area contributed by atoms with Crippen LogP contribution in [0.15, 0.2) is 41.5 Å². The molecule has 15 heavy (non-hydrogen) atoms. The van der Waals surface area contributed by atoms with Crippen molar-refractivity contribution in [3.8, 4) is 0 Å². The third kappa shape index (κ3) is 1.20. The van der Waals surface area contributed by atoms with Crippen LogP contribution < -0.4 is 5.32 Å². The van der Waals surface area contributed by atoms with Gasteiger partial charge in [0, 0.05) is 30.4 Å². The molecule has 0 radical (unpaired) electrons. The molecule has 2 aliphatic heterocycles. The van der Waals surface area contributed by atoms with Crippen LogP contribution in [0.3, 0.4) is 0 Å². The molecule has 1 atom stereocenters. The Morgan fingerprint density at radius 2 is 2.20 bits per heavy atom. The molecule has 3 nitrogen and oxygen atoms in total. The number of ketones is 1. The predicted octanol–water partition coefficient (Wildman–Crippen LogP) is 1.73. The minimum absolute atomic E-state index is 0.0403. The van der Waals surface area contributed by atoms with Crippen molar-refractivity contribution >= 4 is 17.2 Å². The summed E-state index contributed by atoms with van der Waals surface area (Å²) in [5.41, 5.74) is 2.95. The standard InChI is InChI=1S/C12H10N2O/c15-11-5-6-13-12(11)9-7-14-10-4-2-1-3-8(9)10/h1-6,9,14H,7H2. The maximum Gasteiger partial charge on any atom is 0.202 e. The zero-order valence-corrected chi connectivity index (χ0v) is 8.10. The van der Waals surface area contributed by atoms with E-state index in [9.17, 15) is 4.79 Å². The fourth-order valence-corrected chi connectivity index (χ4v) is 2.12. The Labute approximate surface area is 87.5 Å². The molecule has 1 unspecified atom stereocenters. The molecule has 2 aliphatic rings. The Morgan fingerprint density at radius 3 is 3.00 bits per heavy atom. The van der Waals surface area contributed by atoms with Gasteiger partial charge in [0.1, 0.15) is 0 Å². The number of fused-ring (bicyclic) bond motifs is 1. The lowest BCUT2D eigenvalue weighted by Crippen LogP contribution is -2.20. The highest BCUT2D eigenvalue weighted by Crippen LogP contribution is 2.33. The molecule has 0 saturated carbocycles. The molecule has 1 aromatic carbocycles. The van der Waals surface area contributed by atoms with E-state index in [-0.39, 0.29) is 11.7 Å². The van der Waals surface area contributed by atoms with E-state index in [1.54, 1.807) is 6.20 Å². The first-order valence-electron chi connectivity index (χ1n) is 4.97. The van der Waals surface area contributed by atoms with E-state index >= 15 is 0 Å². The highest BCUT2D eigenvalue weighted by atomic mass is 16.1. The van der Waals surface area contributed by atoms with Crippen LogP contribution in [0.4, 0.5) is 5.69 Å². The molecule has 0 fully saturated rings. The van der Waals surface area contributed by atoms with Gasteiger partial charge in [-0.15, -0.1) is 0 Å². The van der Waals surface area contributed by atoms with Crippen molar-refractivity contribution < 1.29 is 4.79 Å². The van der Waals surface area contributed by atoms with Crippen LogP contribution >= 0.6 is 0 Å². The fourth-order valence-electron chi connectivity index (χ4n) is 2.12. The number of allylic oxidation sites excluding steroid dienone is 1. The number of nitrogens with one attached hydrogen (secondary N) is 1. The van der Waals surface area contributed by atoms with E-state index in [1.807, 2.05) is 24.3 Å². The van der Waals surface area contributed by atoms with Gasteiger partial charge >= 0.3 is 0 Å². The van der Waals surface area contributed by atoms with Gasteiger partial charge in [-0.3, -0.25) is 9.79 Å². The summed E-state index contributed by atoms with van der Waals surface area (Å²) in [6.07, 6.45) is 3.11. The maximum atomic E-state index is 11.5. The van der Waals surface area contributed by atoms with Crippen LogP contribution in [0.5, 0.6) is 0 Å². The van der Waals surface area contributed by atoms with Crippen molar-refractivity contribution in [1.82, 2.24) is 0 Å². The van der Waals surface area contributed by atoms with Crippen LogP contribution in [0.1, 0.15) is 11.5 Å². The summed E-state index contributed by atoms with van der Waals surface area (Å²) in [5, 5.41) is 3.29. The molecular weight excluding hydrogens is 188 g/mol. The van der Waals surface area contributed by atoms with Crippen molar-refractivity contribution in [3.63, 3.8) is 0 Å². The molecule has 0 saturated heterocycles. The largest absolute Gasteiger partial charge is 0.384 e. The second kappa shape index (κ2) is 3.05. The van der Waals surface area contributed by atoms with Crippen LogP contribution in [-0.4, -0.2) is 18.0 Å². The lowest BCUT2D eigenvalue weighted by atomic mass is 9.94. The van der Waals surface area contributed by atoms with Gasteiger partial charge in [0.25, 0.3) is 0 Å².